The first kappa shape index (κ1) is 13.3. The average molecular weight is 269 g/mol. The van der Waals surface area contributed by atoms with Gasteiger partial charge in [-0.05, 0) is 24.7 Å². The van der Waals surface area contributed by atoms with E-state index in [0.717, 1.165) is 18.8 Å². The van der Waals surface area contributed by atoms with Crippen LogP contribution in [0.3, 0.4) is 0 Å². The number of nitrogens with zero attached hydrogens (tertiary/aromatic N) is 2. The first-order chi connectivity index (χ1) is 8.65. The lowest BCUT2D eigenvalue weighted by molar-refractivity contribution is 0.0383. The molecule has 18 heavy (non-hydrogen) atoms. The second-order valence-electron chi connectivity index (χ2n) is 4.96. The smallest absolute Gasteiger partial charge is 0.358 e. The van der Waals surface area contributed by atoms with E-state index in [-0.39, 0.29) is 10.8 Å². The van der Waals surface area contributed by atoms with E-state index in [2.05, 4.69) is 16.9 Å². The summed E-state index contributed by atoms with van der Waals surface area (Å²) in [5, 5.41) is 0.204. The Morgan fingerprint density at radius 1 is 1.50 bits per heavy atom. The molecule has 0 aromatic carbocycles. The van der Waals surface area contributed by atoms with Gasteiger partial charge in [-0.25, -0.2) is 9.78 Å². The summed E-state index contributed by atoms with van der Waals surface area (Å²) in [5.74, 6) is 0.765. The van der Waals surface area contributed by atoms with E-state index in [4.69, 9.17) is 16.3 Å². The molecule has 0 bridgehead atoms. The number of carbonyl (C=O) groups is 1. The molecule has 2 unspecified atom stereocenters. The van der Waals surface area contributed by atoms with Crippen molar-refractivity contribution in [3.05, 3.63) is 23.2 Å². The molecule has 1 aliphatic rings. The zero-order chi connectivity index (χ0) is 13.0. The Labute approximate surface area is 112 Å². The van der Waals surface area contributed by atoms with Gasteiger partial charge in [-0.15, -0.1) is 0 Å². The maximum Gasteiger partial charge on any atom is 0.358 e. The molecule has 2 rings (SSSR count). The lowest BCUT2D eigenvalue weighted by atomic mass is 9.83. The molecule has 0 spiro atoms. The Hall–Kier alpha value is -1.16. The predicted octanol–water partition coefficient (Wildman–Crippen LogP) is 3.11. The van der Waals surface area contributed by atoms with Gasteiger partial charge in [0, 0.05) is 0 Å². The minimum absolute atomic E-state index is 0.173. The molecule has 0 amide bonds. The van der Waals surface area contributed by atoms with Crippen LogP contribution in [0.4, 0.5) is 0 Å². The molecular weight excluding hydrogens is 252 g/mol. The zero-order valence-corrected chi connectivity index (χ0v) is 11.2. The molecule has 2 atom stereocenters. The number of carbonyl (C=O) groups excluding carboxylic acids is 1. The van der Waals surface area contributed by atoms with E-state index in [1.807, 2.05) is 0 Å². The van der Waals surface area contributed by atoms with Gasteiger partial charge in [0.1, 0.15) is 5.15 Å². The Morgan fingerprint density at radius 3 is 3.06 bits per heavy atom. The minimum Gasteiger partial charge on any atom is -0.461 e. The monoisotopic (exact) mass is 268 g/mol. The molecule has 1 heterocycles. The van der Waals surface area contributed by atoms with E-state index in [1.54, 1.807) is 0 Å². The fourth-order valence-electron chi connectivity index (χ4n) is 2.42. The number of ether oxygens (including phenoxy) is 1. The normalized spacial score (nSPS) is 23.7. The van der Waals surface area contributed by atoms with Gasteiger partial charge in [-0.1, -0.05) is 31.4 Å². The third-order valence-corrected chi connectivity index (χ3v) is 3.49. The van der Waals surface area contributed by atoms with E-state index < -0.39 is 5.97 Å². The summed E-state index contributed by atoms with van der Waals surface area (Å²) in [6, 6.07) is 0. The molecule has 1 saturated carbocycles. The van der Waals surface area contributed by atoms with Gasteiger partial charge in [-0.3, -0.25) is 4.98 Å². The quantitative estimate of drug-likeness (QED) is 0.791. The third kappa shape index (κ3) is 3.67. The van der Waals surface area contributed by atoms with E-state index >= 15 is 0 Å². The van der Waals surface area contributed by atoms with Gasteiger partial charge < -0.3 is 4.74 Å². The topological polar surface area (TPSA) is 52.1 Å². The van der Waals surface area contributed by atoms with Crippen LogP contribution in [0.2, 0.25) is 5.15 Å². The maximum absolute atomic E-state index is 11.7. The van der Waals surface area contributed by atoms with Crippen LogP contribution in [-0.2, 0) is 4.74 Å². The number of aromatic nitrogens is 2. The number of rotatable bonds is 3. The largest absolute Gasteiger partial charge is 0.461 e. The molecule has 1 aliphatic carbocycles. The zero-order valence-electron chi connectivity index (χ0n) is 10.4. The van der Waals surface area contributed by atoms with Crippen LogP contribution in [0, 0.1) is 11.8 Å². The summed E-state index contributed by atoms with van der Waals surface area (Å²) in [6.07, 6.45) is 7.54. The predicted molar refractivity (Wildman–Crippen MR) is 68.4 cm³/mol. The van der Waals surface area contributed by atoms with Crippen LogP contribution >= 0.6 is 11.6 Å². The fourth-order valence-corrected chi connectivity index (χ4v) is 2.57. The SMILES string of the molecule is CC1CCCC(COC(=O)c2cncc(Cl)n2)C1. The molecule has 5 heteroatoms. The Balaban J connectivity index is 1.84. The molecule has 0 radical (unpaired) electrons. The van der Waals surface area contributed by atoms with E-state index in [9.17, 15) is 4.79 Å². The average Bonchev–Trinajstić information content (AvgIpc) is 2.36. The van der Waals surface area contributed by atoms with Gasteiger partial charge in [0.2, 0.25) is 0 Å². The van der Waals surface area contributed by atoms with Crippen molar-refractivity contribution < 1.29 is 9.53 Å². The lowest BCUT2D eigenvalue weighted by Crippen LogP contribution is -2.20. The molecular formula is C13H17ClN2O2. The molecule has 4 nitrogen and oxygen atoms in total. The van der Waals surface area contributed by atoms with Crippen molar-refractivity contribution in [3.63, 3.8) is 0 Å². The van der Waals surface area contributed by atoms with Gasteiger partial charge >= 0.3 is 5.97 Å². The molecule has 1 aromatic rings. The van der Waals surface area contributed by atoms with Crippen molar-refractivity contribution in [2.45, 2.75) is 32.6 Å². The van der Waals surface area contributed by atoms with E-state index in [0.29, 0.717) is 12.5 Å². The summed E-state index contributed by atoms with van der Waals surface area (Å²) in [6.45, 7) is 2.72. The second-order valence-corrected chi connectivity index (χ2v) is 5.35. The van der Waals surface area contributed by atoms with Crippen molar-refractivity contribution in [3.8, 4) is 0 Å². The maximum atomic E-state index is 11.7. The highest BCUT2D eigenvalue weighted by Gasteiger charge is 2.21. The van der Waals surface area contributed by atoms with Crippen LogP contribution in [0.5, 0.6) is 0 Å². The van der Waals surface area contributed by atoms with Gasteiger partial charge in [-0.2, -0.15) is 0 Å². The van der Waals surface area contributed by atoms with Crippen molar-refractivity contribution in [1.82, 2.24) is 9.97 Å². The summed E-state index contributed by atoms with van der Waals surface area (Å²) < 4.78 is 5.27. The highest BCUT2D eigenvalue weighted by molar-refractivity contribution is 6.29. The first-order valence-electron chi connectivity index (χ1n) is 6.30. The van der Waals surface area contributed by atoms with Crippen molar-refractivity contribution in [2.24, 2.45) is 11.8 Å². The number of esters is 1. The number of hydrogen-bond donors (Lipinski definition) is 0. The first-order valence-corrected chi connectivity index (χ1v) is 6.67. The number of hydrogen-bond acceptors (Lipinski definition) is 4. The van der Waals surface area contributed by atoms with Gasteiger partial charge in [0.15, 0.2) is 5.69 Å². The lowest BCUT2D eigenvalue weighted by Gasteiger charge is -2.26. The molecule has 0 saturated heterocycles. The molecule has 0 N–H and O–H groups in total. The second kappa shape index (κ2) is 6.14. The summed E-state index contributed by atoms with van der Waals surface area (Å²) in [4.78, 5) is 19.4. The van der Waals surface area contributed by atoms with Crippen LogP contribution in [0.1, 0.15) is 43.1 Å². The van der Waals surface area contributed by atoms with Crippen LogP contribution in [0.25, 0.3) is 0 Å². The standard InChI is InChI=1S/C13H17ClN2O2/c1-9-3-2-4-10(5-9)8-18-13(17)11-6-15-7-12(14)16-11/h6-7,9-10H,2-5,8H2,1H3. The van der Waals surface area contributed by atoms with Crippen LogP contribution in [0.15, 0.2) is 12.4 Å². The number of halogens is 1. The molecule has 0 aliphatic heterocycles. The Morgan fingerprint density at radius 2 is 2.33 bits per heavy atom. The van der Waals surface area contributed by atoms with Crippen LogP contribution < -0.4 is 0 Å². The van der Waals surface area contributed by atoms with Crippen molar-refractivity contribution in [1.29, 1.82) is 0 Å². The Kier molecular flexibility index (Phi) is 4.53. The molecule has 98 valence electrons. The molecule has 1 fully saturated rings. The summed E-state index contributed by atoms with van der Waals surface area (Å²) >= 11 is 5.68. The van der Waals surface area contributed by atoms with Gasteiger partial charge in [0.25, 0.3) is 0 Å². The van der Waals surface area contributed by atoms with Gasteiger partial charge in [0.05, 0.1) is 19.0 Å². The van der Waals surface area contributed by atoms with Crippen molar-refractivity contribution in [2.75, 3.05) is 6.61 Å². The highest BCUT2D eigenvalue weighted by atomic mass is 35.5. The highest BCUT2D eigenvalue weighted by Crippen LogP contribution is 2.28. The Bertz CT molecular complexity index is 425. The van der Waals surface area contributed by atoms with Crippen molar-refractivity contribution >= 4 is 17.6 Å². The van der Waals surface area contributed by atoms with E-state index in [1.165, 1.54) is 25.2 Å². The third-order valence-electron chi connectivity index (χ3n) is 3.31. The fraction of sp³-hybridized carbons (Fsp3) is 0.615. The summed E-state index contributed by atoms with van der Waals surface area (Å²) in [5.41, 5.74) is 0.173. The van der Waals surface area contributed by atoms with Crippen LogP contribution in [-0.4, -0.2) is 22.5 Å². The minimum atomic E-state index is -0.441. The molecule has 1 aromatic heterocycles. The summed E-state index contributed by atoms with van der Waals surface area (Å²) in [7, 11) is 0.